The average molecular weight is 360 g/mol. The standard InChI is InChI=1S/C20H28N2O4/c1-13(2)18(21-14-9-7-8-10-16(14)25-6)15-11-12-17(23)22(15)19(24)26-20(3,4)5/h7-13,15,18,21H,1-6H3/t15-,18+/m1/s1. The Morgan fingerprint density at radius 1 is 1.23 bits per heavy atom. The lowest BCUT2D eigenvalue weighted by Crippen LogP contribution is -2.51. The lowest BCUT2D eigenvalue weighted by molar-refractivity contribution is -0.125. The Balaban J connectivity index is 2.28. The summed E-state index contributed by atoms with van der Waals surface area (Å²) in [6.45, 7) is 9.41. The van der Waals surface area contributed by atoms with Gasteiger partial charge >= 0.3 is 6.09 Å². The molecular weight excluding hydrogens is 332 g/mol. The second-order valence-corrected chi connectivity index (χ2v) is 7.65. The highest BCUT2D eigenvalue weighted by Crippen LogP contribution is 2.29. The summed E-state index contributed by atoms with van der Waals surface area (Å²) >= 11 is 0. The molecule has 0 saturated heterocycles. The number of methoxy groups -OCH3 is 1. The number of hydrogen-bond donors (Lipinski definition) is 1. The number of carbonyl (C=O) groups is 2. The van der Waals surface area contributed by atoms with Gasteiger partial charge in [0.15, 0.2) is 0 Å². The third kappa shape index (κ3) is 4.56. The van der Waals surface area contributed by atoms with Gasteiger partial charge in [0.2, 0.25) is 0 Å². The Labute approximate surface area is 155 Å². The molecule has 1 aliphatic heterocycles. The summed E-state index contributed by atoms with van der Waals surface area (Å²) in [5, 5.41) is 3.43. The fourth-order valence-electron chi connectivity index (χ4n) is 2.89. The number of hydrogen-bond acceptors (Lipinski definition) is 5. The van der Waals surface area contributed by atoms with Gasteiger partial charge in [-0.15, -0.1) is 0 Å². The van der Waals surface area contributed by atoms with Crippen LogP contribution < -0.4 is 10.1 Å². The van der Waals surface area contributed by atoms with E-state index < -0.39 is 17.7 Å². The van der Waals surface area contributed by atoms with E-state index in [1.807, 2.05) is 38.1 Å². The van der Waals surface area contributed by atoms with Crippen LogP contribution in [0.15, 0.2) is 36.4 Å². The van der Waals surface area contributed by atoms with Crippen LogP contribution in [0, 0.1) is 5.92 Å². The molecule has 2 rings (SSSR count). The van der Waals surface area contributed by atoms with Crippen molar-refractivity contribution >= 4 is 17.7 Å². The molecule has 2 atom stereocenters. The molecule has 26 heavy (non-hydrogen) atoms. The fraction of sp³-hybridized carbons (Fsp3) is 0.500. The van der Waals surface area contributed by atoms with E-state index in [9.17, 15) is 9.59 Å². The summed E-state index contributed by atoms with van der Waals surface area (Å²) in [5.41, 5.74) is 0.138. The molecule has 0 unspecified atom stereocenters. The smallest absolute Gasteiger partial charge is 0.417 e. The second-order valence-electron chi connectivity index (χ2n) is 7.65. The van der Waals surface area contributed by atoms with Crippen molar-refractivity contribution in [1.82, 2.24) is 4.90 Å². The number of ether oxygens (including phenoxy) is 2. The van der Waals surface area contributed by atoms with Crippen molar-refractivity contribution < 1.29 is 19.1 Å². The summed E-state index contributed by atoms with van der Waals surface area (Å²) in [4.78, 5) is 26.1. The van der Waals surface area contributed by atoms with Crippen molar-refractivity contribution in [2.24, 2.45) is 5.92 Å². The molecule has 0 aliphatic carbocycles. The van der Waals surface area contributed by atoms with Gasteiger partial charge in [0.25, 0.3) is 5.91 Å². The summed E-state index contributed by atoms with van der Waals surface area (Å²) < 4.78 is 10.8. The maximum absolute atomic E-state index is 12.6. The van der Waals surface area contributed by atoms with Crippen molar-refractivity contribution in [3.05, 3.63) is 36.4 Å². The van der Waals surface area contributed by atoms with Crippen LogP contribution in [0.25, 0.3) is 0 Å². The zero-order valence-electron chi connectivity index (χ0n) is 16.3. The summed E-state index contributed by atoms with van der Waals surface area (Å²) in [6.07, 6.45) is 2.54. The lowest BCUT2D eigenvalue weighted by atomic mass is 9.95. The first-order valence-corrected chi connectivity index (χ1v) is 8.78. The van der Waals surface area contributed by atoms with E-state index in [-0.39, 0.29) is 17.9 Å². The summed E-state index contributed by atoms with van der Waals surface area (Å²) in [5.74, 6) is 0.484. The van der Waals surface area contributed by atoms with Crippen LogP contribution in [0.4, 0.5) is 10.5 Å². The van der Waals surface area contributed by atoms with Crippen LogP contribution in [0.2, 0.25) is 0 Å². The highest BCUT2D eigenvalue weighted by atomic mass is 16.6. The maximum Gasteiger partial charge on any atom is 0.417 e. The van der Waals surface area contributed by atoms with E-state index in [0.29, 0.717) is 5.75 Å². The number of rotatable bonds is 5. The number of para-hydroxylation sites is 2. The topological polar surface area (TPSA) is 67.9 Å². The van der Waals surface area contributed by atoms with E-state index in [4.69, 9.17) is 9.47 Å². The zero-order valence-corrected chi connectivity index (χ0v) is 16.3. The van der Waals surface area contributed by atoms with E-state index in [1.165, 1.54) is 11.0 Å². The van der Waals surface area contributed by atoms with Crippen molar-refractivity contribution in [2.45, 2.75) is 52.3 Å². The molecule has 0 bridgehead atoms. The summed E-state index contributed by atoms with van der Waals surface area (Å²) in [7, 11) is 1.61. The van der Waals surface area contributed by atoms with E-state index in [0.717, 1.165) is 5.69 Å². The van der Waals surface area contributed by atoms with Gasteiger partial charge in [0.1, 0.15) is 11.4 Å². The highest BCUT2D eigenvalue weighted by Gasteiger charge is 2.40. The Kier molecular flexibility index (Phi) is 5.95. The van der Waals surface area contributed by atoms with Crippen LogP contribution in [0.1, 0.15) is 34.6 Å². The fourth-order valence-corrected chi connectivity index (χ4v) is 2.89. The van der Waals surface area contributed by atoms with E-state index in [2.05, 4.69) is 5.32 Å². The van der Waals surface area contributed by atoms with Crippen molar-refractivity contribution in [2.75, 3.05) is 12.4 Å². The van der Waals surface area contributed by atoms with Crippen LogP contribution in [-0.2, 0) is 9.53 Å². The third-order valence-electron chi connectivity index (χ3n) is 4.08. The first kappa shape index (κ1) is 19.8. The lowest BCUT2D eigenvalue weighted by Gasteiger charge is -2.35. The molecule has 2 amide bonds. The molecule has 142 valence electrons. The van der Waals surface area contributed by atoms with Crippen molar-refractivity contribution in [3.8, 4) is 5.75 Å². The highest BCUT2D eigenvalue weighted by molar-refractivity contribution is 6.01. The molecule has 1 aromatic rings. The van der Waals surface area contributed by atoms with E-state index >= 15 is 0 Å². The SMILES string of the molecule is COc1ccccc1N[C@@H](C(C)C)[C@H]1C=CC(=O)N1C(=O)OC(C)(C)C. The normalized spacial score (nSPS) is 18.2. The van der Waals surface area contributed by atoms with Crippen LogP contribution >= 0.6 is 0 Å². The van der Waals surface area contributed by atoms with Crippen LogP contribution in [0.3, 0.4) is 0 Å². The number of nitrogens with one attached hydrogen (secondary N) is 1. The molecule has 0 fully saturated rings. The summed E-state index contributed by atoms with van der Waals surface area (Å²) in [6, 6.07) is 6.93. The molecule has 6 nitrogen and oxygen atoms in total. The molecule has 6 heteroatoms. The van der Waals surface area contributed by atoms with Gasteiger partial charge in [-0.3, -0.25) is 4.79 Å². The number of anilines is 1. The Bertz CT molecular complexity index is 691. The van der Waals surface area contributed by atoms with Gasteiger partial charge in [-0.1, -0.05) is 32.1 Å². The van der Waals surface area contributed by atoms with Gasteiger partial charge < -0.3 is 14.8 Å². The molecule has 0 radical (unpaired) electrons. The second kappa shape index (κ2) is 7.81. The zero-order chi connectivity index (χ0) is 19.5. The van der Waals surface area contributed by atoms with Crippen LogP contribution in [0.5, 0.6) is 5.75 Å². The van der Waals surface area contributed by atoms with Gasteiger partial charge in [0.05, 0.1) is 24.9 Å². The number of nitrogens with zero attached hydrogens (tertiary/aromatic N) is 1. The van der Waals surface area contributed by atoms with Gasteiger partial charge in [0, 0.05) is 6.08 Å². The predicted octanol–water partition coefficient (Wildman–Crippen LogP) is 3.83. The number of imide groups is 1. The first-order valence-electron chi connectivity index (χ1n) is 8.78. The Hall–Kier alpha value is -2.50. The molecule has 1 aliphatic rings. The number of amides is 2. The minimum atomic E-state index is -0.673. The minimum Gasteiger partial charge on any atom is -0.495 e. The quantitative estimate of drug-likeness (QED) is 0.864. The average Bonchev–Trinajstić information content (AvgIpc) is 2.92. The molecule has 1 aromatic carbocycles. The van der Waals surface area contributed by atoms with Gasteiger partial charge in [-0.05, 0) is 38.8 Å². The minimum absolute atomic E-state index is 0.144. The van der Waals surface area contributed by atoms with Gasteiger partial charge in [-0.2, -0.15) is 0 Å². The monoisotopic (exact) mass is 360 g/mol. The number of benzene rings is 1. The largest absolute Gasteiger partial charge is 0.495 e. The molecular formula is C20H28N2O4. The Morgan fingerprint density at radius 3 is 2.46 bits per heavy atom. The third-order valence-corrected chi connectivity index (χ3v) is 4.08. The first-order chi connectivity index (χ1) is 12.1. The molecule has 1 N–H and O–H groups in total. The molecule has 0 aromatic heterocycles. The van der Waals surface area contributed by atoms with E-state index in [1.54, 1.807) is 34.0 Å². The van der Waals surface area contributed by atoms with Crippen molar-refractivity contribution in [1.29, 1.82) is 0 Å². The molecule has 1 heterocycles. The van der Waals surface area contributed by atoms with Crippen molar-refractivity contribution in [3.63, 3.8) is 0 Å². The molecule has 0 saturated carbocycles. The van der Waals surface area contributed by atoms with Gasteiger partial charge in [-0.25, -0.2) is 9.69 Å². The number of carbonyl (C=O) groups excluding carboxylic acids is 2. The van der Waals surface area contributed by atoms with Crippen LogP contribution in [-0.4, -0.2) is 41.7 Å². The maximum atomic E-state index is 12.6. The predicted molar refractivity (Wildman–Crippen MR) is 101 cm³/mol. The molecule has 0 spiro atoms. The Morgan fingerprint density at radius 2 is 1.88 bits per heavy atom.